The van der Waals surface area contributed by atoms with E-state index in [2.05, 4.69) is 48.4 Å². The molecule has 1 N–H and O–H groups in total. The molecule has 21 heavy (non-hydrogen) atoms. The van der Waals surface area contributed by atoms with Crippen molar-refractivity contribution in [1.29, 1.82) is 0 Å². The zero-order chi connectivity index (χ0) is 15.4. The van der Waals surface area contributed by atoms with Crippen LogP contribution >= 0.6 is 0 Å². The van der Waals surface area contributed by atoms with Crippen LogP contribution < -0.4 is 5.32 Å². The van der Waals surface area contributed by atoms with Gasteiger partial charge in [0.1, 0.15) is 5.56 Å². The zero-order valence-corrected chi connectivity index (χ0v) is 13.2. The van der Waals surface area contributed by atoms with Gasteiger partial charge in [-0.15, -0.1) is 12.2 Å². The average molecular weight is 286 g/mol. The Morgan fingerprint density at radius 1 is 1.38 bits per heavy atom. The summed E-state index contributed by atoms with van der Waals surface area (Å²) in [5.74, 6) is 0. The number of amides is 2. The number of rotatable bonds is 4. The van der Waals surface area contributed by atoms with Crippen molar-refractivity contribution in [1.82, 2.24) is 10.2 Å². The Balaban J connectivity index is 2.10. The first-order valence-electron chi connectivity index (χ1n) is 7.20. The number of benzene rings is 1. The SMILES string of the molecule is C[N+]#Cc1c(C)cc(C)c([N-]CCN2CCNC2=O)c1C. The Morgan fingerprint density at radius 3 is 2.76 bits per heavy atom. The minimum Gasteiger partial charge on any atom is -0.682 e. The van der Waals surface area contributed by atoms with Crippen LogP contribution in [-0.2, 0) is 0 Å². The van der Waals surface area contributed by atoms with E-state index >= 15 is 0 Å². The summed E-state index contributed by atoms with van der Waals surface area (Å²) in [4.78, 5) is 17.3. The molecule has 1 heterocycles. The predicted octanol–water partition coefficient (Wildman–Crippen LogP) is 2.95. The van der Waals surface area contributed by atoms with Gasteiger partial charge in [0.05, 0.1) is 0 Å². The van der Waals surface area contributed by atoms with Crippen molar-refractivity contribution >= 4 is 11.7 Å². The summed E-state index contributed by atoms with van der Waals surface area (Å²) in [6.45, 7) is 8.94. The average Bonchev–Trinajstić information content (AvgIpc) is 2.84. The molecule has 0 aromatic heterocycles. The van der Waals surface area contributed by atoms with Crippen molar-refractivity contribution in [3.05, 3.63) is 38.5 Å². The highest BCUT2D eigenvalue weighted by molar-refractivity contribution is 5.76. The van der Waals surface area contributed by atoms with Crippen molar-refractivity contribution in [3.63, 3.8) is 0 Å². The summed E-state index contributed by atoms with van der Waals surface area (Å²) >= 11 is 0. The third kappa shape index (κ3) is 3.27. The molecule has 112 valence electrons. The monoisotopic (exact) mass is 286 g/mol. The van der Waals surface area contributed by atoms with Gasteiger partial charge in [0.2, 0.25) is 0 Å². The Bertz CT molecular complexity index is 613. The normalized spacial score (nSPS) is 13.7. The maximum Gasteiger partial charge on any atom is 0.317 e. The Morgan fingerprint density at radius 2 is 2.14 bits per heavy atom. The molecule has 1 saturated heterocycles. The van der Waals surface area contributed by atoms with E-state index in [4.69, 9.17) is 0 Å². The molecule has 2 rings (SSSR count). The van der Waals surface area contributed by atoms with E-state index in [1.54, 1.807) is 11.9 Å². The van der Waals surface area contributed by atoms with Gasteiger partial charge >= 0.3 is 12.1 Å². The van der Waals surface area contributed by atoms with Crippen LogP contribution in [0.5, 0.6) is 0 Å². The summed E-state index contributed by atoms with van der Waals surface area (Å²) < 4.78 is 0. The summed E-state index contributed by atoms with van der Waals surface area (Å²) in [7, 11) is 1.72. The smallest absolute Gasteiger partial charge is 0.317 e. The van der Waals surface area contributed by atoms with Crippen LogP contribution in [0.1, 0.15) is 22.3 Å². The third-order valence-corrected chi connectivity index (χ3v) is 3.74. The molecule has 0 radical (unpaired) electrons. The number of carbonyl (C=O) groups excluding carboxylic acids is 1. The first-order valence-corrected chi connectivity index (χ1v) is 7.20. The number of hydrogen-bond acceptors (Lipinski definition) is 1. The van der Waals surface area contributed by atoms with Gasteiger partial charge in [0, 0.05) is 19.6 Å². The Labute approximate surface area is 126 Å². The quantitative estimate of drug-likeness (QED) is 0.909. The Kier molecular flexibility index (Phi) is 4.69. The molecule has 1 aliphatic rings. The van der Waals surface area contributed by atoms with Crippen molar-refractivity contribution in [3.8, 4) is 6.07 Å². The first kappa shape index (κ1) is 15.2. The van der Waals surface area contributed by atoms with Gasteiger partial charge in [0.25, 0.3) is 7.05 Å². The molecular formula is C16H22N4O. The maximum absolute atomic E-state index is 11.5. The van der Waals surface area contributed by atoms with E-state index in [-0.39, 0.29) is 6.03 Å². The second kappa shape index (κ2) is 6.49. The molecule has 5 heteroatoms. The van der Waals surface area contributed by atoms with Crippen molar-refractivity contribution < 1.29 is 4.79 Å². The van der Waals surface area contributed by atoms with Crippen molar-refractivity contribution in [2.75, 3.05) is 33.2 Å². The molecule has 1 aliphatic heterocycles. The fourth-order valence-electron chi connectivity index (χ4n) is 2.71. The lowest BCUT2D eigenvalue weighted by atomic mass is 9.98. The van der Waals surface area contributed by atoms with Gasteiger partial charge in [-0.05, 0) is 31.9 Å². The third-order valence-electron chi connectivity index (χ3n) is 3.74. The molecule has 2 amide bonds. The summed E-state index contributed by atoms with van der Waals surface area (Å²) in [6.07, 6.45) is 0. The van der Waals surface area contributed by atoms with E-state index < -0.39 is 0 Å². The molecule has 0 bridgehead atoms. The van der Waals surface area contributed by atoms with E-state index in [1.165, 1.54) is 0 Å². The summed E-state index contributed by atoms with van der Waals surface area (Å²) in [5.41, 5.74) is 5.42. The summed E-state index contributed by atoms with van der Waals surface area (Å²) in [6, 6.07) is 5.16. The number of carbonyl (C=O) groups is 1. The molecule has 0 saturated carbocycles. The minimum atomic E-state index is 0.00897. The highest BCUT2D eigenvalue weighted by Gasteiger charge is 2.17. The molecule has 5 nitrogen and oxygen atoms in total. The number of nitrogens with zero attached hydrogens (tertiary/aromatic N) is 3. The van der Waals surface area contributed by atoms with Gasteiger partial charge in [0.15, 0.2) is 0 Å². The van der Waals surface area contributed by atoms with E-state index in [0.29, 0.717) is 13.1 Å². The lowest BCUT2D eigenvalue weighted by Crippen LogP contribution is -2.30. The number of urea groups is 1. The van der Waals surface area contributed by atoms with Gasteiger partial charge < -0.3 is 15.5 Å². The topological polar surface area (TPSA) is 50.8 Å². The molecule has 0 spiro atoms. The van der Waals surface area contributed by atoms with Crippen molar-refractivity contribution in [2.45, 2.75) is 20.8 Å². The van der Waals surface area contributed by atoms with Crippen molar-refractivity contribution in [2.24, 2.45) is 0 Å². The molecule has 0 atom stereocenters. The van der Waals surface area contributed by atoms with E-state index in [0.717, 1.165) is 41.0 Å². The lowest BCUT2D eigenvalue weighted by Gasteiger charge is -2.29. The van der Waals surface area contributed by atoms with E-state index in [1.807, 2.05) is 0 Å². The predicted molar refractivity (Wildman–Crippen MR) is 85.8 cm³/mol. The van der Waals surface area contributed by atoms with Crippen LogP contribution in [-0.4, -0.2) is 44.2 Å². The largest absolute Gasteiger partial charge is 0.682 e. The van der Waals surface area contributed by atoms with Gasteiger partial charge in [-0.3, -0.25) is 0 Å². The maximum atomic E-state index is 11.5. The first-order chi connectivity index (χ1) is 10.0. The molecular weight excluding hydrogens is 264 g/mol. The fourth-order valence-corrected chi connectivity index (χ4v) is 2.71. The molecule has 1 aromatic rings. The standard InChI is InChI=1S/C16H22N4O/c1-11-9-12(2)15(13(3)14(11)10-17-4)18-5-7-20-8-6-19-16(20)21/h9H,5-8H2,1-4H3,(H,19,21). The number of nitrogens with one attached hydrogen (secondary N) is 1. The van der Waals surface area contributed by atoms with Gasteiger partial charge in [-0.25, -0.2) is 4.79 Å². The van der Waals surface area contributed by atoms with Crippen LogP contribution in [0.3, 0.4) is 0 Å². The number of hydrogen-bond donors (Lipinski definition) is 1. The van der Waals surface area contributed by atoms with Crippen LogP contribution in [0.25, 0.3) is 10.2 Å². The van der Waals surface area contributed by atoms with E-state index in [9.17, 15) is 4.79 Å². The molecule has 0 aliphatic carbocycles. The minimum absolute atomic E-state index is 0.00897. The van der Waals surface area contributed by atoms with Crippen LogP contribution in [0, 0.1) is 26.8 Å². The summed E-state index contributed by atoms with van der Waals surface area (Å²) in [5, 5.41) is 7.48. The highest BCUT2D eigenvalue weighted by Crippen LogP contribution is 2.32. The highest BCUT2D eigenvalue weighted by atomic mass is 16.2. The van der Waals surface area contributed by atoms with Crippen LogP contribution in [0.4, 0.5) is 10.5 Å². The fraction of sp³-hybridized carbons (Fsp3) is 0.500. The van der Waals surface area contributed by atoms with Crippen LogP contribution in [0.15, 0.2) is 6.07 Å². The molecule has 0 unspecified atom stereocenters. The number of aryl methyl sites for hydroxylation is 2. The lowest BCUT2D eigenvalue weighted by molar-refractivity contribution is 0.219. The van der Waals surface area contributed by atoms with Crippen LogP contribution in [0.2, 0.25) is 0 Å². The molecule has 1 aromatic carbocycles. The van der Waals surface area contributed by atoms with Gasteiger partial charge in [-0.2, -0.15) is 0 Å². The second-order valence-electron chi connectivity index (χ2n) is 5.30. The van der Waals surface area contributed by atoms with Gasteiger partial charge in [-0.1, -0.05) is 16.5 Å². The Hall–Kier alpha value is -2.22. The second-order valence-corrected chi connectivity index (χ2v) is 5.30. The zero-order valence-electron chi connectivity index (χ0n) is 13.2. The molecule has 1 fully saturated rings.